The molecule has 1 rings (SSSR count). The second kappa shape index (κ2) is 10.00. The van der Waals surface area contributed by atoms with Gasteiger partial charge in [0, 0.05) is 5.02 Å². The Morgan fingerprint density at radius 2 is 1.73 bits per heavy atom. The Hall–Kier alpha value is -0.535. The molecule has 15 heavy (non-hydrogen) atoms. The van der Waals surface area contributed by atoms with E-state index in [4.69, 9.17) is 24.6 Å². The zero-order valence-electron chi connectivity index (χ0n) is 9.64. The first-order chi connectivity index (χ1) is 7.15. The quantitative estimate of drug-likeness (QED) is 0.736. The van der Waals surface area contributed by atoms with Crippen LogP contribution >= 0.6 is 11.6 Å². The highest BCUT2D eigenvalue weighted by atomic mass is 35.5. The summed E-state index contributed by atoms with van der Waals surface area (Å²) in [5.74, 6) is -0.557. The minimum Gasteiger partial charge on any atom is -0.392 e. The summed E-state index contributed by atoms with van der Waals surface area (Å²) in [6.45, 7) is 7.72. The summed E-state index contributed by atoms with van der Waals surface area (Å²) in [7, 11) is 5.20. The molecule has 0 bridgehead atoms. The number of aliphatic hydroxyl groups excluding tert-OH is 1. The van der Waals surface area contributed by atoms with Crippen molar-refractivity contribution in [3.8, 4) is 0 Å². The van der Waals surface area contributed by atoms with Crippen molar-refractivity contribution >= 4 is 24.9 Å². The van der Waals surface area contributed by atoms with Crippen molar-refractivity contribution in [3.05, 3.63) is 28.5 Å². The van der Waals surface area contributed by atoms with Gasteiger partial charge < -0.3 is 5.11 Å². The number of aliphatic hydroxyl groups is 1. The Kier molecular flexibility index (Phi) is 11.3. The fourth-order valence-corrected chi connectivity index (χ4v) is 0.956. The third-order valence-electron chi connectivity index (χ3n) is 1.34. The van der Waals surface area contributed by atoms with Crippen LogP contribution in [0.4, 0.5) is 4.39 Å². The first-order valence-electron chi connectivity index (χ1n) is 4.99. The molecule has 0 unspecified atom stereocenters. The number of hydrogen-bond donors (Lipinski definition) is 1. The molecule has 0 amide bonds. The predicted octanol–water partition coefficient (Wildman–Crippen LogP) is 2.82. The fourth-order valence-electron chi connectivity index (χ4n) is 0.725. The lowest BCUT2D eigenvalue weighted by Gasteiger charge is -2.02. The molecule has 1 aromatic rings. The van der Waals surface area contributed by atoms with Crippen LogP contribution in [0.15, 0.2) is 12.1 Å². The Morgan fingerprint density at radius 1 is 1.27 bits per heavy atom. The summed E-state index contributed by atoms with van der Waals surface area (Å²) in [4.78, 5) is 0. The van der Waals surface area contributed by atoms with Crippen molar-refractivity contribution in [3.63, 3.8) is 0 Å². The third-order valence-corrected chi connectivity index (χ3v) is 1.69. The molecule has 1 aromatic carbocycles. The third kappa shape index (κ3) is 5.80. The molecule has 0 aliphatic carbocycles. The van der Waals surface area contributed by atoms with Crippen LogP contribution in [-0.2, 0) is 6.61 Å². The molecule has 0 fully saturated rings. The number of hydrogen-bond acceptors (Lipinski definition) is 1. The van der Waals surface area contributed by atoms with Crippen molar-refractivity contribution in [2.24, 2.45) is 0 Å². The molecule has 0 aliphatic heterocycles. The van der Waals surface area contributed by atoms with Crippen molar-refractivity contribution in [2.75, 3.05) is 0 Å². The SMILES string of the molecule is CC.CC.[B]c1cc(Cl)c(CO)cc1F. The molecule has 1 nitrogen and oxygen atoms in total. The lowest BCUT2D eigenvalue weighted by Crippen LogP contribution is -2.09. The van der Waals surface area contributed by atoms with Crippen LogP contribution < -0.4 is 5.46 Å². The van der Waals surface area contributed by atoms with E-state index in [0.29, 0.717) is 5.56 Å². The topological polar surface area (TPSA) is 20.2 Å². The van der Waals surface area contributed by atoms with Crippen LogP contribution in [0.2, 0.25) is 5.02 Å². The summed E-state index contributed by atoms with van der Waals surface area (Å²) >= 11 is 5.59. The second-order valence-electron chi connectivity index (χ2n) is 2.12. The zero-order chi connectivity index (χ0) is 12.4. The molecular formula is C11H17BClFO. The largest absolute Gasteiger partial charge is 0.392 e. The zero-order valence-corrected chi connectivity index (χ0v) is 10.4. The van der Waals surface area contributed by atoms with Gasteiger partial charge in [0.2, 0.25) is 0 Å². The monoisotopic (exact) mass is 230 g/mol. The molecule has 0 aromatic heterocycles. The summed E-state index contributed by atoms with van der Waals surface area (Å²) in [5, 5.41) is 8.93. The van der Waals surface area contributed by atoms with Crippen LogP contribution in [0.5, 0.6) is 0 Å². The van der Waals surface area contributed by atoms with E-state index in [-0.39, 0.29) is 17.1 Å². The van der Waals surface area contributed by atoms with Crippen molar-refractivity contribution < 1.29 is 9.50 Å². The molecule has 1 N–H and O–H groups in total. The fraction of sp³-hybridized carbons (Fsp3) is 0.455. The van der Waals surface area contributed by atoms with Crippen LogP contribution in [0.25, 0.3) is 0 Å². The highest BCUT2D eigenvalue weighted by Crippen LogP contribution is 2.14. The number of halogens is 2. The lowest BCUT2D eigenvalue weighted by molar-refractivity contribution is 0.281. The minimum atomic E-state index is -0.557. The normalized spacial score (nSPS) is 8.20. The average molecular weight is 231 g/mol. The maximum Gasteiger partial charge on any atom is 0.117 e. The van der Waals surface area contributed by atoms with E-state index in [1.165, 1.54) is 6.07 Å². The highest BCUT2D eigenvalue weighted by molar-refractivity contribution is 6.36. The smallest absolute Gasteiger partial charge is 0.117 e. The maximum absolute atomic E-state index is 12.7. The van der Waals surface area contributed by atoms with Crippen LogP contribution in [0, 0.1) is 5.82 Å². The minimum absolute atomic E-state index is 0.00722. The molecule has 0 heterocycles. The molecule has 4 heteroatoms. The molecule has 0 spiro atoms. The van der Waals surface area contributed by atoms with Gasteiger partial charge in [-0.25, -0.2) is 4.39 Å². The van der Waals surface area contributed by atoms with Crippen molar-refractivity contribution in [1.82, 2.24) is 0 Å². The lowest BCUT2D eigenvalue weighted by atomic mass is 9.94. The van der Waals surface area contributed by atoms with Gasteiger partial charge >= 0.3 is 0 Å². The first kappa shape index (κ1) is 16.9. The van der Waals surface area contributed by atoms with Crippen LogP contribution in [0.3, 0.4) is 0 Å². The van der Waals surface area contributed by atoms with Crippen LogP contribution in [0.1, 0.15) is 33.3 Å². The molecule has 0 atom stereocenters. The summed E-state index contributed by atoms with van der Waals surface area (Å²) in [5.41, 5.74) is 0.338. The van der Waals surface area contributed by atoms with Crippen molar-refractivity contribution in [2.45, 2.75) is 34.3 Å². The summed E-state index contributed by atoms with van der Waals surface area (Å²) in [6.07, 6.45) is 0. The van der Waals surface area contributed by atoms with Gasteiger partial charge in [-0.1, -0.05) is 44.8 Å². The predicted molar refractivity (Wildman–Crippen MR) is 65.4 cm³/mol. The van der Waals surface area contributed by atoms with Gasteiger partial charge in [-0.3, -0.25) is 0 Å². The van der Waals surface area contributed by atoms with E-state index in [1.54, 1.807) is 0 Å². The van der Waals surface area contributed by atoms with E-state index in [2.05, 4.69) is 0 Å². The molecule has 0 saturated heterocycles. The van der Waals surface area contributed by atoms with Gasteiger partial charge in [0.05, 0.1) is 6.61 Å². The highest BCUT2D eigenvalue weighted by Gasteiger charge is 2.03. The maximum atomic E-state index is 12.7. The van der Waals surface area contributed by atoms with Gasteiger partial charge in [-0.15, -0.1) is 0 Å². The van der Waals surface area contributed by atoms with Gasteiger partial charge in [-0.05, 0) is 17.7 Å². The number of benzene rings is 1. The Labute approximate surface area is 97.7 Å². The van der Waals surface area contributed by atoms with E-state index in [9.17, 15) is 4.39 Å². The van der Waals surface area contributed by atoms with Crippen LogP contribution in [-0.4, -0.2) is 13.0 Å². The first-order valence-corrected chi connectivity index (χ1v) is 5.37. The summed E-state index contributed by atoms with van der Waals surface area (Å²) < 4.78 is 12.7. The molecule has 2 radical (unpaired) electrons. The van der Waals surface area contributed by atoms with E-state index >= 15 is 0 Å². The Balaban J connectivity index is 0. The van der Waals surface area contributed by atoms with E-state index < -0.39 is 5.82 Å². The van der Waals surface area contributed by atoms with Gasteiger partial charge in [-0.2, -0.15) is 0 Å². The Morgan fingerprint density at radius 3 is 2.13 bits per heavy atom. The molecular weight excluding hydrogens is 213 g/mol. The van der Waals surface area contributed by atoms with Gasteiger partial charge in [0.25, 0.3) is 0 Å². The Bertz CT molecular complexity index is 280. The van der Waals surface area contributed by atoms with Gasteiger partial charge in [0.15, 0.2) is 0 Å². The average Bonchev–Trinajstić information content (AvgIpc) is 2.29. The molecule has 84 valence electrons. The number of rotatable bonds is 1. The van der Waals surface area contributed by atoms with E-state index in [1.807, 2.05) is 27.7 Å². The van der Waals surface area contributed by atoms with Crippen molar-refractivity contribution in [1.29, 1.82) is 0 Å². The standard InChI is InChI=1S/C7H5BClFO.2C2H6/c8-5-2-6(9)4(3-11)1-7(5)10;2*1-2/h1-2,11H,3H2;2*1-2H3. The van der Waals surface area contributed by atoms with Gasteiger partial charge in [0.1, 0.15) is 13.7 Å². The summed E-state index contributed by atoms with van der Waals surface area (Å²) in [6, 6.07) is 2.40. The van der Waals surface area contributed by atoms with E-state index in [0.717, 1.165) is 6.07 Å². The second-order valence-corrected chi connectivity index (χ2v) is 2.53. The molecule has 0 saturated carbocycles. The molecule has 0 aliphatic rings.